The van der Waals surface area contributed by atoms with E-state index in [0.717, 1.165) is 22.2 Å². The molecule has 0 saturated heterocycles. The Hall–Kier alpha value is -3.33. The van der Waals surface area contributed by atoms with Gasteiger partial charge in [-0.15, -0.1) is 12.4 Å². The molecule has 0 amide bonds. The molecule has 0 bridgehead atoms. The second-order valence-electron chi connectivity index (χ2n) is 5.39. The van der Waals surface area contributed by atoms with Crippen LogP contribution in [-0.2, 0) is 6.54 Å². The molecule has 10 heteroatoms. The van der Waals surface area contributed by atoms with Crippen molar-refractivity contribution in [2.45, 2.75) is 6.54 Å². The Bertz CT molecular complexity index is 1030. The minimum atomic E-state index is -0.291. The van der Waals surface area contributed by atoms with Crippen molar-refractivity contribution in [3.8, 4) is 0 Å². The van der Waals surface area contributed by atoms with Crippen molar-refractivity contribution in [3.05, 3.63) is 53.8 Å². The minimum Gasteiger partial charge on any atom is -0.389 e. The highest BCUT2D eigenvalue weighted by molar-refractivity contribution is 5.91. The van der Waals surface area contributed by atoms with E-state index in [4.69, 9.17) is 10.2 Å². The van der Waals surface area contributed by atoms with E-state index in [2.05, 4.69) is 31.0 Å². The molecule has 26 heavy (non-hydrogen) atoms. The summed E-state index contributed by atoms with van der Waals surface area (Å²) in [6, 6.07) is 12.2. The monoisotopic (exact) mass is 375 g/mol. The molecule has 4 aromatic rings. The molecule has 5 N–H and O–H groups in total. The number of H-pyrrole nitrogens is 1. The zero-order valence-electron chi connectivity index (χ0n) is 13.4. The first kappa shape index (κ1) is 17.5. The van der Waals surface area contributed by atoms with Crippen LogP contribution in [0.5, 0.6) is 0 Å². The molecule has 8 nitrogen and oxygen atoms in total. The molecule has 0 unspecified atom stereocenters. The van der Waals surface area contributed by atoms with Gasteiger partial charge in [0.05, 0.1) is 5.52 Å². The zero-order chi connectivity index (χ0) is 17.2. The average molecular weight is 376 g/mol. The second-order valence-corrected chi connectivity index (χ2v) is 5.39. The lowest BCUT2D eigenvalue weighted by Crippen LogP contribution is -1.99. The molecule has 0 aliphatic rings. The van der Waals surface area contributed by atoms with Crippen LogP contribution in [-0.4, -0.2) is 20.4 Å². The summed E-state index contributed by atoms with van der Waals surface area (Å²) in [7, 11) is 0. The van der Waals surface area contributed by atoms with Gasteiger partial charge in [-0.05, 0) is 35.9 Å². The van der Waals surface area contributed by atoms with Crippen LogP contribution in [0.1, 0.15) is 5.56 Å². The molecular formula is C16H15ClFN7O. The van der Waals surface area contributed by atoms with Crippen LogP contribution in [0.3, 0.4) is 0 Å². The predicted octanol–water partition coefficient (Wildman–Crippen LogP) is 3.44. The summed E-state index contributed by atoms with van der Waals surface area (Å²) in [4.78, 5) is 0. The number of nitrogens with one attached hydrogen (secondary N) is 3. The van der Waals surface area contributed by atoms with Gasteiger partial charge in [-0.2, -0.15) is 5.10 Å². The highest BCUT2D eigenvalue weighted by atomic mass is 35.5. The number of aromatic amines is 1. The number of hydrogen-bond donors (Lipinski definition) is 4. The molecule has 2 heterocycles. The van der Waals surface area contributed by atoms with Crippen molar-refractivity contribution >= 4 is 46.8 Å². The van der Waals surface area contributed by atoms with E-state index in [-0.39, 0.29) is 30.3 Å². The van der Waals surface area contributed by atoms with Gasteiger partial charge in [-0.1, -0.05) is 22.3 Å². The molecule has 2 aromatic carbocycles. The number of rotatable bonds is 5. The van der Waals surface area contributed by atoms with Crippen molar-refractivity contribution in [2.75, 3.05) is 16.4 Å². The van der Waals surface area contributed by atoms with Crippen LogP contribution in [0.2, 0.25) is 0 Å². The topological polar surface area (TPSA) is 118 Å². The summed E-state index contributed by atoms with van der Waals surface area (Å²) in [5, 5.41) is 21.3. The summed E-state index contributed by atoms with van der Waals surface area (Å²) in [6.45, 7) is 0.372. The van der Waals surface area contributed by atoms with Crippen molar-refractivity contribution in [1.82, 2.24) is 20.4 Å². The highest BCUT2D eigenvalue weighted by Crippen LogP contribution is 2.24. The average Bonchev–Trinajstić information content (AvgIpc) is 3.20. The Kier molecular flexibility index (Phi) is 4.90. The fourth-order valence-corrected chi connectivity index (χ4v) is 2.41. The van der Waals surface area contributed by atoms with Crippen LogP contribution in [0, 0.1) is 5.82 Å². The van der Waals surface area contributed by atoms with Crippen molar-refractivity contribution in [1.29, 1.82) is 0 Å². The molecule has 0 spiro atoms. The lowest BCUT2D eigenvalue weighted by molar-refractivity contribution is 0.583. The number of nitrogens with zero attached hydrogens (tertiary/aromatic N) is 3. The third kappa shape index (κ3) is 3.67. The smallest absolute Gasteiger partial charge is 0.321 e. The second kappa shape index (κ2) is 7.28. The number of aromatic nitrogens is 4. The first-order valence-corrected chi connectivity index (χ1v) is 7.50. The predicted molar refractivity (Wildman–Crippen MR) is 99.1 cm³/mol. The number of benzene rings is 2. The van der Waals surface area contributed by atoms with Gasteiger partial charge in [-0.25, -0.2) is 4.39 Å². The maximum absolute atomic E-state index is 13.2. The van der Waals surface area contributed by atoms with E-state index in [9.17, 15) is 4.39 Å². The van der Waals surface area contributed by atoms with E-state index in [0.29, 0.717) is 12.4 Å². The quantitative estimate of drug-likeness (QED) is 0.422. The molecule has 2 aromatic heterocycles. The largest absolute Gasteiger partial charge is 0.389 e. The molecule has 134 valence electrons. The van der Waals surface area contributed by atoms with E-state index < -0.39 is 0 Å². The third-order valence-corrected chi connectivity index (χ3v) is 3.60. The van der Waals surface area contributed by atoms with E-state index in [1.807, 2.05) is 18.2 Å². The van der Waals surface area contributed by atoms with Crippen LogP contribution < -0.4 is 16.4 Å². The lowest BCUT2D eigenvalue weighted by Gasteiger charge is -2.02. The van der Waals surface area contributed by atoms with Gasteiger partial charge < -0.3 is 20.8 Å². The van der Waals surface area contributed by atoms with Gasteiger partial charge in [0.25, 0.3) is 0 Å². The Morgan fingerprint density at radius 1 is 1.12 bits per heavy atom. The molecule has 0 atom stereocenters. The maximum atomic E-state index is 13.2. The Morgan fingerprint density at radius 3 is 2.81 bits per heavy atom. The van der Waals surface area contributed by atoms with Gasteiger partial charge in [0, 0.05) is 17.6 Å². The Balaban J connectivity index is 0.00000196. The summed E-state index contributed by atoms with van der Waals surface area (Å²) < 4.78 is 18.6. The number of nitrogens with two attached hydrogens (primary N) is 1. The van der Waals surface area contributed by atoms with Crippen molar-refractivity contribution in [3.63, 3.8) is 0 Å². The number of anilines is 4. The Labute approximate surface area is 153 Å². The van der Waals surface area contributed by atoms with E-state index in [1.165, 1.54) is 12.1 Å². The van der Waals surface area contributed by atoms with Crippen LogP contribution in [0.4, 0.5) is 27.9 Å². The number of hydrogen-bond acceptors (Lipinski definition) is 7. The van der Waals surface area contributed by atoms with Gasteiger partial charge in [0.15, 0.2) is 5.82 Å². The maximum Gasteiger partial charge on any atom is 0.321 e. The molecule has 0 aliphatic heterocycles. The minimum absolute atomic E-state index is 0. The summed E-state index contributed by atoms with van der Waals surface area (Å²) in [5.74, 6) is 0.128. The SMILES string of the molecule is Cl.Nc1n[nH]c2ccc(Nc3nnc(NCc4cccc(F)c4)o3)cc12. The summed E-state index contributed by atoms with van der Waals surface area (Å²) in [5.41, 5.74) is 8.14. The van der Waals surface area contributed by atoms with Crippen LogP contribution in [0.15, 0.2) is 46.9 Å². The van der Waals surface area contributed by atoms with E-state index >= 15 is 0 Å². The fourth-order valence-electron chi connectivity index (χ4n) is 2.41. The third-order valence-electron chi connectivity index (χ3n) is 3.60. The molecule has 0 aliphatic carbocycles. The Morgan fingerprint density at radius 2 is 1.96 bits per heavy atom. The van der Waals surface area contributed by atoms with Crippen molar-refractivity contribution in [2.24, 2.45) is 0 Å². The first-order valence-electron chi connectivity index (χ1n) is 7.50. The van der Waals surface area contributed by atoms with Gasteiger partial charge in [0.2, 0.25) is 0 Å². The van der Waals surface area contributed by atoms with Gasteiger partial charge >= 0.3 is 12.0 Å². The molecule has 0 fully saturated rings. The molecule has 4 rings (SSSR count). The summed E-state index contributed by atoms with van der Waals surface area (Å²) >= 11 is 0. The normalized spacial score (nSPS) is 10.5. The molecule has 0 radical (unpaired) electrons. The highest BCUT2D eigenvalue weighted by Gasteiger charge is 2.08. The van der Waals surface area contributed by atoms with Crippen LogP contribution >= 0.6 is 12.4 Å². The molecule has 0 saturated carbocycles. The number of halogens is 2. The van der Waals surface area contributed by atoms with Gasteiger partial charge in [0.1, 0.15) is 5.82 Å². The standard InChI is InChI=1S/C16H14FN7O.ClH/c17-10-3-1-2-9(6-10)8-19-15-23-24-16(25-15)20-11-4-5-13-12(7-11)14(18)22-21-13;/h1-7H,8H2,(H,19,23)(H,20,24)(H3,18,21,22);1H. The van der Waals surface area contributed by atoms with Gasteiger partial charge in [-0.3, -0.25) is 5.10 Å². The first-order chi connectivity index (χ1) is 12.2. The molecular weight excluding hydrogens is 361 g/mol. The summed E-state index contributed by atoms with van der Waals surface area (Å²) in [6.07, 6.45) is 0. The number of nitrogen functional groups attached to an aromatic ring is 1. The van der Waals surface area contributed by atoms with Crippen molar-refractivity contribution < 1.29 is 8.81 Å². The number of fused-ring (bicyclic) bond motifs is 1. The lowest BCUT2D eigenvalue weighted by atomic mass is 10.2. The van der Waals surface area contributed by atoms with Crippen LogP contribution in [0.25, 0.3) is 10.9 Å². The zero-order valence-corrected chi connectivity index (χ0v) is 14.2. The fraction of sp³-hybridized carbons (Fsp3) is 0.0625. The van der Waals surface area contributed by atoms with E-state index in [1.54, 1.807) is 12.1 Å².